The summed E-state index contributed by atoms with van der Waals surface area (Å²) in [5.74, 6) is -1.23. The third kappa shape index (κ3) is 4.28. The zero-order chi connectivity index (χ0) is 14.6. The highest BCUT2D eigenvalue weighted by atomic mass is 16.5. The summed E-state index contributed by atoms with van der Waals surface area (Å²) in [6, 6.07) is 0. The van der Waals surface area contributed by atoms with E-state index in [-0.39, 0.29) is 13.2 Å². The largest absolute Gasteiger partial charge is 0.461 e. The summed E-state index contributed by atoms with van der Waals surface area (Å²) in [5, 5.41) is 28.7. The van der Waals surface area contributed by atoms with Crippen LogP contribution in [0.15, 0.2) is 11.6 Å². The van der Waals surface area contributed by atoms with Crippen LogP contribution in [-0.4, -0.2) is 58.9 Å². The van der Waals surface area contributed by atoms with Gasteiger partial charge in [-0.05, 0) is 26.8 Å². The third-order valence-corrected chi connectivity index (χ3v) is 3.12. The molecule has 1 aliphatic heterocycles. The molecule has 1 rings (SSSR count). The molecule has 1 saturated heterocycles. The van der Waals surface area contributed by atoms with Crippen LogP contribution in [0, 0.1) is 5.92 Å². The topological polar surface area (TPSA) is 96.2 Å². The minimum atomic E-state index is -1.31. The van der Waals surface area contributed by atoms with Crippen LogP contribution in [0.5, 0.6) is 0 Å². The third-order valence-electron chi connectivity index (χ3n) is 3.12. The molecule has 6 heteroatoms. The van der Waals surface area contributed by atoms with Gasteiger partial charge in [0.05, 0.1) is 18.6 Å². The number of carbonyl (C=O) groups is 1. The maximum atomic E-state index is 11.8. The highest BCUT2D eigenvalue weighted by Crippen LogP contribution is 2.22. The molecule has 0 spiro atoms. The number of allylic oxidation sites excluding steroid dienone is 1. The van der Waals surface area contributed by atoms with Gasteiger partial charge in [0.2, 0.25) is 0 Å². The van der Waals surface area contributed by atoms with Crippen molar-refractivity contribution in [3.63, 3.8) is 0 Å². The molecule has 1 heterocycles. The van der Waals surface area contributed by atoms with E-state index < -0.39 is 36.3 Å². The summed E-state index contributed by atoms with van der Waals surface area (Å²) in [4.78, 5) is 11.8. The summed E-state index contributed by atoms with van der Waals surface area (Å²) in [6.45, 7) is 5.39. The van der Waals surface area contributed by atoms with Crippen LogP contribution in [0.3, 0.4) is 0 Å². The van der Waals surface area contributed by atoms with E-state index in [1.54, 1.807) is 13.0 Å². The van der Waals surface area contributed by atoms with Crippen molar-refractivity contribution in [1.29, 1.82) is 0 Å². The molecule has 0 saturated carbocycles. The first kappa shape index (κ1) is 16.1. The Kier molecular flexibility index (Phi) is 5.93. The van der Waals surface area contributed by atoms with Crippen LogP contribution in [-0.2, 0) is 14.3 Å². The van der Waals surface area contributed by atoms with Crippen LogP contribution in [0.4, 0.5) is 0 Å². The van der Waals surface area contributed by atoms with E-state index in [9.17, 15) is 20.1 Å². The van der Waals surface area contributed by atoms with E-state index in [0.29, 0.717) is 0 Å². The lowest BCUT2D eigenvalue weighted by Gasteiger charge is -2.37. The Hall–Kier alpha value is -0.950. The van der Waals surface area contributed by atoms with Crippen molar-refractivity contribution in [2.24, 2.45) is 5.92 Å². The van der Waals surface area contributed by atoms with Gasteiger partial charge in [-0.25, -0.2) is 0 Å². The molecule has 0 amide bonds. The van der Waals surface area contributed by atoms with Crippen molar-refractivity contribution < 1.29 is 29.6 Å². The van der Waals surface area contributed by atoms with E-state index in [2.05, 4.69) is 0 Å². The summed E-state index contributed by atoms with van der Waals surface area (Å²) in [6.07, 6.45) is -2.87. The number of hydrogen-bond acceptors (Lipinski definition) is 6. The van der Waals surface area contributed by atoms with Gasteiger partial charge in [-0.3, -0.25) is 4.79 Å². The molecule has 1 aliphatic rings. The van der Waals surface area contributed by atoms with Gasteiger partial charge < -0.3 is 24.8 Å². The Morgan fingerprint density at radius 2 is 2.00 bits per heavy atom. The maximum Gasteiger partial charge on any atom is 0.311 e. The standard InChI is InChI=1S/C13H22O6/c1-7(2)4-5-18-13(17)8(3)12-11(16)10(15)9(14)6-19-12/h4,8-12,14-16H,5-6H2,1-3H3/t8?,9-,10+,11-,12?/m1/s1. The van der Waals surface area contributed by atoms with Gasteiger partial charge in [-0.1, -0.05) is 5.57 Å². The molecular weight excluding hydrogens is 252 g/mol. The number of ether oxygens (including phenoxy) is 2. The minimum absolute atomic E-state index is 0.117. The second-order valence-electron chi connectivity index (χ2n) is 5.05. The highest BCUT2D eigenvalue weighted by molar-refractivity contribution is 5.73. The number of rotatable bonds is 4. The van der Waals surface area contributed by atoms with E-state index in [4.69, 9.17) is 9.47 Å². The predicted molar refractivity (Wildman–Crippen MR) is 67.3 cm³/mol. The molecule has 3 N–H and O–H groups in total. The lowest BCUT2D eigenvalue weighted by Crippen LogP contribution is -2.56. The number of carbonyl (C=O) groups excluding carboxylic acids is 1. The fourth-order valence-electron chi connectivity index (χ4n) is 1.82. The fraction of sp³-hybridized carbons (Fsp3) is 0.769. The molecule has 0 aliphatic carbocycles. The van der Waals surface area contributed by atoms with Gasteiger partial charge in [-0.2, -0.15) is 0 Å². The zero-order valence-electron chi connectivity index (χ0n) is 11.4. The zero-order valence-corrected chi connectivity index (χ0v) is 11.4. The van der Waals surface area contributed by atoms with E-state index in [1.165, 1.54) is 0 Å². The molecule has 6 nitrogen and oxygen atoms in total. The lowest BCUT2D eigenvalue weighted by molar-refractivity contribution is -0.205. The van der Waals surface area contributed by atoms with Crippen LogP contribution in [0.2, 0.25) is 0 Å². The predicted octanol–water partition coefficient (Wildman–Crippen LogP) is -0.387. The molecule has 0 aromatic carbocycles. The molecule has 110 valence electrons. The van der Waals surface area contributed by atoms with Crippen molar-refractivity contribution in [3.05, 3.63) is 11.6 Å². The first-order valence-electron chi connectivity index (χ1n) is 6.30. The Bertz CT molecular complexity index is 336. The second kappa shape index (κ2) is 7.00. The molecular formula is C13H22O6. The lowest BCUT2D eigenvalue weighted by atomic mass is 9.91. The first-order valence-corrected chi connectivity index (χ1v) is 6.30. The van der Waals surface area contributed by atoms with Gasteiger partial charge >= 0.3 is 5.97 Å². The molecule has 0 aromatic rings. The average Bonchev–Trinajstić information content (AvgIpc) is 2.35. The van der Waals surface area contributed by atoms with Gasteiger partial charge in [0.15, 0.2) is 0 Å². The van der Waals surface area contributed by atoms with Crippen LogP contribution >= 0.6 is 0 Å². The fourth-order valence-corrected chi connectivity index (χ4v) is 1.82. The smallest absolute Gasteiger partial charge is 0.311 e. The number of esters is 1. The number of hydrogen-bond donors (Lipinski definition) is 3. The van der Waals surface area contributed by atoms with E-state index in [1.807, 2.05) is 13.8 Å². The second-order valence-corrected chi connectivity index (χ2v) is 5.05. The van der Waals surface area contributed by atoms with Crippen LogP contribution in [0.25, 0.3) is 0 Å². The maximum absolute atomic E-state index is 11.8. The van der Waals surface area contributed by atoms with Gasteiger partial charge in [0.1, 0.15) is 24.9 Å². The quantitative estimate of drug-likeness (QED) is 0.477. The Labute approximate surface area is 112 Å². The average molecular weight is 274 g/mol. The van der Waals surface area contributed by atoms with E-state index >= 15 is 0 Å². The Morgan fingerprint density at radius 3 is 2.58 bits per heavy atom. The summed E-state index contributed by atoms with van der Waals surface area (Å²) < 4.78 is 10.2. The number of aliphatic hydroxyl groups excluding tert-OH is 3. The molecule has 19 heavy (non-hydrogen) atoms. The molecule has 0 aromatic heterocycles. The van der Waals surface area contributed by atoms with E-state index in [0.717, 1.165) is 5.57 Å². The molecule has 0 radical (unpaired) electrons. The van der Waals surface area contributed by atoms with Crippen molar-refractivity contribution >= 4 is 5.97 Å². The summed E-state index contributed by atoms with van der Waals surface area (Å²) in [7, 11) is 0. The number of aliphatic hydroxyl groups is 3. The normalized spacial score (nSPS) is 32.5. The van der Waals surface area contributed by atoms with Crippen molar-refractivity contribution in [2.75, 3.05) is 13.2 Å². The van der Waals surface area contributed by atoms with Crippen molar-refractivity contribution in [1.82, 2.24) is 0 Å². The van der Waals surface area contributed by atoms with Gasteiger partial charge in [-0.15, -0.1) is 0 Å². The summed E-state index contributed by atoms with van der Waals surface area (Å²) in [5.41, 5.74) is 1.04. The minimum Gasteiger partial charge on any atom is -0.461 e. The Morgan fingerprint density at radius 1 is 1.37 bits per heavy atom. The molecule has 5 atom stereocenters. The van der Waals surface area contributed by atoms with Crippen LogP contribution < -0.4 is 0 Å². The van der Waals surface area contributed by atoms with Crippen LogP contribution in [0.1, 0.15) is 20.8 Å². The molecule has 0 bridgehead atoms. The highest BCUT2D eigenvalue weighted by Gasteiger charge is 2.42. The van der Waals surface area contributed by atoms with Crippen molar-refractivity contribution in [2.45, 2.75) is 45.2 Å². The molecule has 1 fully saturated rings. The SMILES string of the molecule is CC(C)=CCOC(=O)C(C)C1OC[C@@H](O)[C@H](O)[C@H]1O. The summed E-state index contributed by atoms with van der Waals surface area (Å²) >= 11 is 0. The van der Waals surface area contributed by atoms with Crippen molar-refractivity contribution in [3.8, 4) is 0 Å². The first-order chi connectivity index (χ1) is 8.84. The Balaban J connectivity index is 2.54. The van der Waals surface area contributed by atoms with Gasteiger partial charge in [0.25, 0.3) is 0 Å². The van der Waals surface area contributed by atoms with Gasteiger partial charge in [0, 0.05) is 0 Å². The monoisotopic (exact) mass is 274 g/mol. The molecule has 2 unspecified atom stereocenters.